The lowest BCUT2D eigenvalue weighted by atomic mass is 10.2. The third-order valence-corrected chi connectivity index (χ3v) is 3.89. The van der Waals surface area contributed by atoms with Gasteiger partial charge in [0, 0.05) is 0 Å². The molecule has 0 aliphatic heterocycles. The fourth-order valence-electron chi connectivity index (χ4n) is 2.59. The predicted molar refractivity (Wildman–Crippen MR) is 83.1 cm³/mol. The van der Waals surface area contributed by atoms with Crippen molar-refractivity contribution >= 4 is 23.2 Å². The van der Waals surface area contributed by atoms with Gasteiger partial charge in [-0.3, -0.25) is 0 Å². The average molecular weight is 333 g/mol. The summed E-state index contributed by atoms with van der Waals surface area (Å²) in [6.07, 6.45) is -1.66. The minimum Gasteiger partial charge on any atom is -0.386 e. The molecule has 0 aromatic heterocycles. The number of likely N-dealkylation sites (N-methyl/N-ethyl adjacent to an activating group) is 2. The molecule has 0 aromatic carbocycles. The number of aliphatic hydroxyl groups is 3. The van der Waals surface area contributed by atoms with Gasteiger partial charge in [-0.1, -0.05) is 0 Å². The van der Waals surface area contributed by atoms with E-state index in [4.69, 9.17) is 23.2 Å². The van der Waals surface area contributed by atoms with Crippen LogP contribution in [-0.4, -0.2) is 109 Å². The number of rotatable bonds is 10. The molecule has 0 amide bonds. The number of aliphatic hydroxyl groups excluding tert-OH is 3. The molecule has 122 valence electrons. The standard InChI is InChI=1S/C13H30Cl2N2O3/c1-16(2,7-11(18)5-14)9-13(20)10-17(3,4)8-12(19)6-15/h11-13,18-20H,5-10H2,1-4H3/q+2. The molecule has 20 heavy (non-hydrogen) atoms. The SMILES string of the molecule is C[N+](C)(CC(O)CCl)CC(O)C[N+](C)(C)CC(O)CCl. The molecule has 0 aliphatic carbocycles. The van der Waals surface area contributed by atoms with E-state index in [1.807, 2.05) is 28.2 Å². The molecule has 0 aliphatic rings. The molecule has 0 rings (SSSR count). The first-order valence-electron chi connectivity index (χ1n) is 6.81. The summed E-state index contributed by atoms with van der Waals surface area (Å²) in [7, 11) is 7.80. The number of hydrogen-bond acceptors (Lipinski definition) is 3. The van der Waals surface area contributed by atoms with E-state index >= 15 is 0 Å². The van der Waals surface area contributed by atoms with Crippen LogP contribution in [0, 0.1) is 0 Å². The van der Waals surface area contributed by atoms with Crippen LogP contribution in [0.5, 0.6) is 0 Å². The van der Waals surface area contributed by atoms with Gasteiger partial charge in [0.2, 0.25) is 0 Å². The zero-order valence-electron chi connectivity index (χ0n) is 13.0. The lowest BCUT2D eigenvalue weighted by Gasteiger charge is -2.37. The van der Waals surface area contributed by atoms with Crippen LogP contribution in [0.15, 0.2) is 0 Å². The third kappa shape index (κ3) is 9.34. The van der Waals surface area contributed by atoms with Crippen molar-refractivity contribution in [2.24, 2.45) is 0 Å². The minimum absolute atomic E-state index is 0.196. The molecule has 0 spiro atoms. The molecular formula is C13H30Cl2N2O3+2. The Morgan fingerprint density at radius 2 is 0.900 bits per heavy atom. The van der Waals surface area contributed by atoms with Gasteiger partial charge >= 0.3 is 0 Å². The van der Waals surface area contributed by atoms with Gasteiger partial charge in [0.15, 0.2) is 6.10 Å². The highest BCUT2D eigenvalue weighted by Crippen LogP contribution is 2.08. The first-order valence-corrected chi connectivity index (χ1v) is 7.88. The van der Waals surface area contributed by atoms with E-state index in [1.54, 1.807) is 0 Å². The second kappa shape index (κ2) is 8.73. The second-order valence-electron chi connectivity index (χ2n) is 6.87. The van der Waals surface area contributed by atoms with Gasteiger partial charge in [0.05, 0.1) is 40.0 Å². The number of nitrogens with zero attached hydrogens (tertiary/aromatic N) is 2. The van der Waals surface area contributed by atoms with E-state index in [-0.39, 0.29) is 11.8 Å². The summed E-state index contributed by atoms with van der Waals surface area (Å²) in [5.74, 6) is 0.391. The summed E-state index contributed by atoms with van der Waals surface area (Å²) in [5.41, 5.74) is 0. The van der Waals surface area contributed by atoms with Crippen LogP contribution in [0.4, 0.5) is 0 Å². The van der Waals surface area contributed by atoms with Gasteiger partial charge in [0.1, 0.15) is 38.4 Å². The highest BCUT2D eigenvalue weighted by Gasteiger charge is 2.29. The van der Waals surface area contributed by atoms with Gasteiger partial charge in [-0.15, -0.1) is 23.2 Å². The summed E-state index contributed by atoms with van der Waals surface area (Å²) in [4.78, 5) is 0. The topological polar surface area (TPSA) is 60.7 Å². The molecule has 0 saturated heterocycles. The normalized spacial score (nSPS) is 17.9. The molecule has 0 radical (unpaired) electrons. The zero-order valence-corrected chi connectivity index (χ0v) is 14.5. The fraction of sp³-hybridized carbons (Fsp3) is 1.00. The van der Waals surface area contributed by atoms with Gasteiger partial charge < -0.3 is 24.3 Å². The van der Waals surface area contributed by atoms with Crippen molar-refractivity contribution in [1.82, 2.24) is 0 Å². The van der Waals surface area contributed by atoms with Crippen LogP contribution in [0.2, 0.25) is 0 Å². The Morgan fingerprint density at radius 3 is 1.15 bits per heavy atom. The molecule has 2 unspecified atom stereocenters. The second-order valence-corrected chi connectivity index (χ2v) is 7.49. The number of alkyl halides is 2. The summed E-state index contributed by atoms with van der Waals surface area (Å²) in [6.45, 7) is 2.04. The molecule has 0 saturated carbocycles. The van der Waals surface area contributed by atoms with Crippen LogP contribution < -0.4 is 0 Å². The van der Waals surface area contributed by atoms with E-state index in [9.17, 15) is 15.3 Å². The molecule has 0 heterocycles. The van der Waals surface area contributed by atoms with Gasteiger partial charge in [0.25, 0.3) is 0 Å². The summed E-state index contributed by atoms with van der Waals surface area (Å²) >= 11 is 11.2. The lowest BCUT2D eigenvalue weighted by Crippen LogP contribution is -2.56. The molecule has 0 aromatic rings. The largest absolute Gasteiger partial charge is 0.386 e. The summed E-state index contributed by atoms with van der Waals surface area (Å²) < 4.78 is 0.986. The smallest absolute Gasteiger partial charge is 0.152 e. The fourth-order valence-corrected chi connectivity index (χ4v) is 2.78. The number of quaternary nitrogens is 2. The Balaban J connectivity index is 4.35. The maximum atomic E-state index is 10.2. The van der Waals surface area contributed by atoms with Crippen molar-refractivity contribution in [3.8, 4) is 0 Å². The van der Waals surface area contributed by atoms with Gasteiger partial charge in [-0.05, 0) is 0 Å². The zero-order chi connectivity index (χ0) is 16.0. The monoisotopic (exact) mass is 332 g/mol. The Bertz CT molecular complexity index is 252. The van der Waals surface area contributed by atoms with Crippen molar-refractivity contribution in [2.75, 3.05) is 66.1 Å². The Kier molecular flexibility index (Phi) is 8.90. The Morgan fingerprint density at radius 1 is 0.650 bits per heavy atom. The van der Waals surface area contributed by atoms with E-state index in [0.717, 1.165) is 0 Å². The summed E-state index contributed by atoms with van der Waals surface area (Å²) in [6, 6.07) is 0. The van der Waals surface area contributed by atoms with Gasteiger partial charge in [-0.25, -0.2) is 0 Å². The average Bonchev–Trinajstić information content (AvgIpc) is 2.25. The maximum absolute atomic E-state index is 10.2. The third-order valence-electron chi connectivity index (χ3n) is 3.18. The van der Waals surface area contributed by atoms with Crippen molar-refractivity contribution in [1.29, 1.82) is 0 Å². The highest BCUT2D eigenvalue weighted by atomic mass is 35.5. The Labute approximate surface area is 132 Å². The number of halogens is 2. The molecule has 5 nitrogen and oxygen atoms in total. The minimum atomic E-state index is -0.570. The van der Waals surface area contributed by atoms with Crippen LogP contribution in [0.1, 0.15) is 0 Å². The van der Waals surface area contributed by atoms with E-state index < -0.39 is 18.3 Å². The quantitative estimate of drug-likeness (QED) is 0.380. The van der Waals surface area contributed by atoms with Crippen LogP contribution in [0.25, 0.3) is 0 Å². The first kappa shape index (κ1) is 20.4. The molecule has 7 heteroatoms. The molecular weight excluding hydrogens is 303 g/mol. The van der Waals surface area contributed by atoms with Crippen molar-refractivity contribution in [3.63, 3.8) is 0 Å². The highest BCUT2D eigenvalue weighted by molar-refractivity contribution is 6.18. The van der Waals surface area contributed by atoms with Gasteiger partial charge in [-0.2, -0.15) is 0 Å². The lowest BCUT2D eigenvalue weighted by molar-refractivity contribution is -0.917. The first-order chi connectivity index (χ1) is 9.01. The molecule has 0 bridgehead atoms. The maximum Gasteiger partial charge on any atom is 0.152 e. The summed E-state index contributed by atoms with van der Waals surface area (Å²) in [5, 5.41) is 29.4. The van der Waals surface area contributed by atoms with Crippen molar-refractivity contribution < 1.29 is 24.3 Å². The van der Waals surface area contributed by atoms with Crippen LogP contribution >= 0.6 is 23.2 Å². The van der Waals surface area contributed by atoms with E-state index in [1.165, 1.54) is 0 Å². The van der Waals surface area contributed by atoms with Crippen molar-refractivity contribution in [3.05, 3.63) is 0 Å². The number of hydrogen-bond donors (Lipinski definition) is 3. The van der Waals surface area contributed by atoms with Crippen LogP contribution in [-0.2, 0) is 0 Å². The Hall–Kier alpha value is 0.380. The van der Waals surface area contributed by atoms with E-state index in [0.29, 0.717) is 35.1 Å². The molecule has 2 atom stereocenters. The van der Waals surface area contributed by atoms with Crippen molar-refractivity contribution in [2.45, 2.75) is 18.3 Å². The molecule has 3 N–H and O–H groups in total. The predicted octanol–water partition coefficient (Wildman–Crippen LogP) is -0.300. The van der Waals surface area contributed by atoms with E-state index in [2.05, 4.69) is 0 Å². The van der Waals surface area contributed by atoms with Crippen LogP contribution in [0.3, 0.4) is 0 Å². The molecule has 0 fully saturated rings.